The molecule has 5 heteroatoms. The Morgan fingerprint density at radius 1 is 1.40 bits per heavy atom. The number of hydrogen-bond acceptors (Lipinski definition) is 4. The average Bonchev–Trinajstić information content (AvgIpc) is 3.25. The van der Waals surface area contributed by atoms with E-state index in [1.807, 2.05) is 16.7 Å². The first kappa shape index (κ1) is 15.9. The summed E-state index contributed by atoms with van der Waals surface area (Å²) in [6.07, 6.45) is 9.34. The summed E-state index contributed by atoms with van der Waals surface area (Å²) in [5.41, 5.74) is 4.48. The highest BCUT2D eigenvalue weighted by Crippen LogP contribution is 2.46. The molecule has 1 aliphatic carbocycles. The predicted molar refractivity (Wildman–Crippen MR) is 93.2 cm³/mol. The summed E-state index contributed by atoms with van der Waals surface area (Å²) >= 11 is 0. The zero-order chi connectivity index (χ0) is 17.4. The van der Waals surface area contributed by atoms with Gasteiger partial charge in [0.1, 0.15) is 0 Å². The first-order valence-electron chi connectivity index (χ1n) is 8.69. The normalized spacial score (nSPS) is 18.0. The van der Waals surface area contributed by atoms with Gasteiger partial charge in [-0.05, 0) is 49.5 Å². The lowest BCUT2D eigenvalue weighted by atomic mass is 9.99. The number of carbonyl (C=O) groups excluding carboxylic acids is 1. The molecule has 0 saturated heterocycles. The van der Waals surface area contributed by atoms with Gasteiger partial charge in [-0.2, -0.15) is 5.26 Å². The lowest BCUT2D eigenvalue weighted by molar-refractivity contribution is 0.0525. The van der Waals surface area contributed by atoms with E-state index in [0.29, 0.717) is 12.2 Å². The summed E-state index contributed by atoms with van der Waals surface area (Å²) in [6, 6.07) is 6.20. The summed E-state index contributed by atoms with van der Waals surface area (Å²) in [7, 11) is 0. The van der Waals surface area contributed by atoms with Crippen molar-refractivity contribution < 1.29 is 14.3 Å². The second-order valence-electron chi connectivity index (χ2n) is 6.62. The Morgan fingerprint density at radius 3 is 2.96 bits per heavy atom. The number of aromatic nitrogens is 1. The second kappa shape index (κ2) is 6.05. The van der Waals surface area contributed by atoms with E-state index in [4.69, 9.17) is 14.7 Å². The van der Waals surface area contributed by atoms with Gasteiger partial charge < -0.3 is 13.9 Å². The fraction of sp³-hybridized carbons (Fsp3) is 0.400. The van der Waals surface area contributed by atoms with Gasteiger partial charge in [-0.3, -0.25) is 0 Å². The highest BCUT2D eigenvalue weighted by molar-refractivity contribution is 5.94. The zero-order valence-electron chi connectivity index (χ0n) is 14.2. The molecule has 3 heterocycles. The number of fused-ring (bicyclic) bond motifs is 1. The van der Waals surface area contributed by atoms with Crippen LogP contribution in [0.15, 0.2) is 30.6 Å². The molecule has 2 aliphatic rings. The molecule has 1 spiro atoms. The maximum absolute atomic E-state index is 12.2. The minimum Gasteiger partial charge on any atom is -0.462 e. The number of nitriles is 1. The molecule has 5 nitrogen and oxygen atoms in total. The van der Waals surface area contributed by atoms with Crippen LogP contribution in [0.2, 0.25) is 0 Å². The van der Waals surface area contributed by atoms with Gasteiger partial charge in [-0.1, -0.05) is 6.07 Å². The quantitative estimate of drug-likeness (QED) is 0.802. The van der Waals surface area contributed by atoms with Crippen LogP contribution in [0.5, 0.6) is 0 Å². The first-order chi connectivity index (χ1) is 12.2. The van der Waals surface area contributed by atoms with Gasteiger partial charge >= 0.3 is 5.97 Å². The lowest BCUT2D eigenvalue weighted by Crippen LogP contribution is -2.17. The fourth-order valence-corrected chi connectivity index (χ4v) is 3.51. The van der Waals surface area contributed by atoms with Crippen LogP contribution in [-0.2, 0) is 15.9 Å². The minimum absolute atomic E-state index is 0.0265. The number of esters is 1. The molecule has 1 fully saturated rings. The zero-order valence-corrected chi connectivity index (χ0v) is 14.2. The van der Waals surface area contributed by atoms with Crippen LogP contribution in [0.1, 0.15) is 47.7 Å². The third-order valence-electron chi connectivity index (χ3n) is 4.94. The molecule has 0 N–H and O–H groups in total. The van der Waals surface area contributed by atoms with Crippen LogP contribution >= 0.6 is 0 Å². The van der Waals surface area contributed by atoms with Crippen LogP contribution in [0.25, 0.3) is 11.1 Å². The van der Waals surface area contributed by atoms with Crippen LogP contribution in [0.3, 0.4) is 0 Å². The van der Waals surface area contributed by atoms with Gasteiger partial charge in [0.25, 0.3) is 0 Å². The standard InChI is InChI=1S/C20H20N2O3/c1-2-24-19(23)17-13-22-12-15(3-4-18(22)16(17)5-9-21)14-6-10-25-20(11-14)7-8-20/h3-4,11-13H,2,5-8,10H2,1H3. The highest BCUT2D eigenvalue weighted by Gasteiger charge is 2.43. The minimum atomic E-state index is -0.375. The maximum Gasteiger partial charge on any atom is 0.340 e. The van der Waals surface area contributed by atoms with E-state index in [9.17, 15) is 4.79 Å². The van der Waals surface area contributed by atoms with Crippen molar-refractivity contribution in [3.05, 3.63) is 47.3 Å². The molecule has 2 aromatic rings. The van der Waals surface area contributed by atoms with Gasteiger partial charge in [0.2, 0.25) is 0 Å². The first-order valence-corrected chi connectivity index (χ1v) is 8.69. The number of hydrogen-bond donors (Lipinski definition) is 0. The molecular weight excluding hydrogens is 316 g/mol. The lowest BCUT2D eigenvalue weighted by Gasteiger charge is -2.21. The molecule has 0 radical (unpaired) electrons. The fourth-order valence-electron chi connectivity index (χ4n) is 3.51. The Morgan fingerprint density at radius 2 is 2.24 bits per heavy atom. The predicted octanol–water partition coefficient (Wildman–Crippen LogP) is 3.52. The van der Waals surface area contributed by atoms with Gasteiger partial charge in [0.05, 0.1) is 42.4 Å². The van der Waals surface area contributed by atoms with Gasteiger partial charge in [-0.15, -0.1) is 0 Å². The van der Waals surface area contributed by atoms with E-state index in [-0.39, 0.29) is 18.0 Å². The van der Waals surface area contributed by atoms with Crippen molar-refractivity contribution >= 4 is 17.1 Å². The summed E-state index contributed by atoms with van der Waals surface area (Å²) in [4.78, 5) is 12.2. The largest absolute Gasteiger partial charge is 0.462 e. The van der Waals surface area contributed by atoms with Crippen LogP contribution in [0, 0.1) is 11.3 Å². The topological polar surface area (TPSA) is 63.7 Å². The van der Waals surface area contributed by atoms with E-state index in [0.717, 1.165) is 42.5 Å². The Labute approximate surface area is 146 Å². The highest BCUT2D eigenvalue weighted by atomic mass is 16.5. The Hall–Kier alpha value is -2.58. The number of carbonyl (C=O) groups is 1. The molecular formula is C20H20N2O3. The van der Waals surface area contributed by atoms with Crippen LogP contribution in [0.4, 0.5) is 0 Å². The van der Waals surface area contributed by atoms with Crippen molar-refractivity contribution in [3.8, 4) is 6.07 Å². The average molecular weight is 336 g/mol. The van der Waals surface area contributed by atoms with Gasteiger partial charge in [0.15, 0.2) is 0 Å². The molecule has 1 saturated carbocycles. The molecule has 0 unspecified atom stereocenters. The summed E-state index contributed by atoms with van der Waals surface area (Å²) in [5.74, 6) is -0.375. The number of rotatable bonds is 4. The Balaban J connectivity index is 1.77. The van der Waals surface area contributed by atoms with Crippen molar-refractivity contribution in [1.29, 1.82) is 5.26 Å². The van der Waals surface area contributed by atoms with Gasteiger partial charge in [0, 0.05) is 18.0 Å². The molecule has 0 aromatic carbocycles. The maximum atomic E-state index is 12.2. The molecule has 2 aromatic heterocycles. The second-order valence-corrected chi connectivity index (χ2v) is 6.62. The molecule has 0 bridgehead atoms. The smallest absolute Gasteiger partial charge is 0.340 e. The SMILES string of the molecule is CCOC(=O)c1cn2cc(C3=CC4(CC4)OCC3)ccc2c1CC#N. The van der Waals surface area contributed by atoms with E-state index < -0.39 is 0 Å². The van der Waals surface area contributed by atoms with Crippen LogP contribution in [-0.4, -0.2) is 29.2 Å². The van der Waals surface area contributed by atoms with E-state index in [1.54, 1.807) is 13.1 Å². The third-order valence-corrected chi connectivity index (χ3v) is 4.94. The Bertz CT molecular complexity index is 913. The molecule has 25 heavy (non-hydrogen) atoms. The molecule has 0 atom stereocenters. The summed E-state index contributed by atoms with van der Waals surface area (Å²) in [5, 5.41) is 9.12. The van der Waals surface area contributed by atoms with E-state index in [1.165, 1.54) is 5.57 Å². The number of ether oxygens (including phenoxy) is 2. The monoisotopic (exact) mass is 336 g/mol. The summed E-state index contributed by atoms with van der Waals surface area (Å²) in [6.45, 7) is 2.85. The van der Waals surface area contributed by atoms with E-state index >= 15 is 0 Å². The summed E-state index contributed by atoms with van der Waals surface area (Å²) < 4.78 is 12.9. The Kier molecular flexibility index (Phi) is 3.85. The number of nitrogens with zero attached hydrogens (tertiary/aromatic N) is 2. The van der Waals surface area contributed by atoms with Crippen molar-refractivity contribution in [3.63, 3.8) is 0 Å². The van der Waals surface area contributed by atoms with Crippen molar-refractivity contribution in [2.45, 2.75) is 38.2 Å². The molecule has 0 amide bonds. The van der Waals surface area contributed by atoms with Crippen molar-refractivity contribution in [2.75, 3.05) is 13.2 Å². The van der Waals surface area contributed by atoms with Crippen molar-refractivity contribution in [2.24, 2.45) is 0 Å². The molecule has 1 aliphatic heterocycles. The van der Waals surface area contributed by atoms with Crippen LogP contribution < -0.4 is 0 Å². The number of pyridine rings is 1. The van der Waals surface area contributed by atoms with Gasteiger partial charge in [-0.25, -0.2) is 4.79 Å². The molecule has 4 rings (SSSR count). The van der Waals surface area contributed by atoms with Crippen molar-refractivity contribution in [1.82, 2.24) is 4.40 Å². The van der Waals surface area contributed by atoms with E-state index in [2.05, 4.69) is 18.2 Å². The third kappa shape index (κ3) is 2.83. The molecule has 128 valence electrons.